The van der Waals surface area contributed by atoms with Crippen molar-refractivity contribution in [2.45, 2.75) is 105 Å². The first kappa shape index (κ1) is 33.7. The van der Waals surface area contributed by atoms with Gasteiger partial charge in [-0.1, -0.05) is 108 Å². The fraction of sp³-hybridized carbons (Fsp3) is 0.415. The molecule has 4 aromatic rings. The van der Waals surface area contributed by atoms with Crippen LogP contribution in [0.25, 0.3) is 0 Å². The number of benzene rings is 4. The first-order valence-corrected chi connectivity index (χ1v) is 19.6. The molecule has 0 N–H and O–H groups in total. The third kappa shape index (κ3) is 8.02. The Morgan fingerprint density at radius 2 is 1.00 bits per heavy atom. The summed E-state index contributed by atoms with van der Waals surface area (Å²) in [6.07, 6.45) is 3.99. The SMILES string of the molecule is Cc1cc(C)cc(P(c2cc(C)cc(C)c2)C(C)C2CCC[C@@H]2P(c2ccccc2OC(C)C)c2ccccc2OC(C)C)c1. The minimum atomic E-state index is -0.754. The molecule has 1 fully saturated rings. The Balaban J connectivity index is 1.67. The molecule has 238 valence electrons. The zero-order chi connectivity index (χ0) is 32.2. The van der Waals surface area contributed by atoms with Gasteiger partial charge in [-0.25, -0.2) is 0 Å². The molecule has 0 aliphatic heterocycles. The molecule has 45 heavy (non-hydrogen) atoms. The fourth-order valence-electron chi connectivity index (χ4n) is 7.35. The summed E-state index contributed by atoms with van der Waals surface area (Å²) in [5, 5.41) is 5.74. The van der Waals surface area contributed by atoms with E-state index >= 15 is 0 Å². The van der Waals surface area contributed by atoms with Crippen molar-refractivity contribution in [3.8, 4) is 11.5 Å². The van der Waals surface area contributed by atoms with Crippen LogP contribution in [0.15, 0.2) is 84.9 Å². The van der Waals surface area contributed by atoms with Crippen molar-refractivity contribution >= 4 is 37.1 Å². The molecule has 2 nitrogen and oxygen atoms in total. The van der Waals surface area contributed by atoms with Crippen LogP contribution in [0.3, 0.4) is 0 Å². The predicted octanol–water partition coefficient (Wildman–Crippen LogP) is 9.62. The van der Waals surface area contributed by atoms with Crippen molar-refractivity contribution in [1.29, 1.82) is 0 Å². The monoisotopic (exact) mass is 638 g/mol. The summed E-state index contributed by atoms with van der Waals surface area (Å²) < 4.78 is 13.1. The molecule has 0 radical (unpaired) electrons. The van der Waals surface area contributed by atoms with Gasteiger partial charge in [-0.05, 0) is 124 Å². The van der Waals surface area contributed by atoms with Crippen LogP contribution in [0.4, 0.5) is 0 Å². The molecule has 4 aromatic carbocycles. The molecule has 0 heterocycles. The largest absolute Gasteiger partial charge is 0.490 e. The first-order chi connectivity index (χ1) is 21.5. The van der Waals surface area contributed by atoms with Crippen LogP contribution in [-0.2, 0) is 0 Å². The Morgan fingerprint density at radius 3 is 1.42 bits per heavy atom. The van der Waals surface area contributed by atoms with Gasteiger partial charge in [-0.2, -0.15) is 0 Å². The van der Waals surface area contributed by atoms with Crippen molar-refractivity contribution in [3.05, 3.63) is 107 Å². The lowest BCUT2D eigenvalue weighted by molar-refractivity contribution is 0.244. The molecular weight excluding hydrogens is 586 g/mol. The first-order valence-electron chi connectivity index (χ1n) is 16.8. The van der Waals surface area contributed by atoms with Gasteiger partial charge in [0.05, 0.1) is 12.2 Å². The van der Waals surface area contributed by atoms with E-state index in [1.807, 2.05) is 0 Å². The van der Waals surface area contributed by atoms with Gasteiger partial charge in [0.1, 0.15) is 11.5 Å². The van der Waals surface area contributed by atoms with Crippen LogP contribution < -0.4 is 30.7 Å². The summed E-state index contributed by atoms with van der Waals surface area (Å²) in [6, 6.07) is 32.2. The van der Waals surface area contributed by atoms with E-state index in [0.717, 1.165) is 11.5 Å². The number of hydrogen-bond donors (Lipinski definition) is 0. The summed E-state index contributed by atoms with van der Waals surface area (Å²) in [6.45, 7) is 20.1. The lowest BCUT2D eigenvalue weighted by Crippen LogP contribution is -2.34. The van der Waals surface area contributed by atoms with E-state index in [0.29, 0.717) is 17.2 Å². The molecule has 0 spiro atoms. The highest BCUT2D eigenvalue weighted by Crippen LogP contribution is 2.58. The zero-order valence-corrected chi connectivity index (χ0v) is 30.6. The van der Waals surface area contributed by atoms with Gasteiger partial charge >= 0.3 is 0 Å². The van der Waals surface area contributed by atoms with Crippen LogP contribution >= 0.6 is 15.8 Å². The molecule has 1 aliphatic carbocycles. The van der Waals surface area contributed by atoms with Crippen LogP contribution in [-0.4, -0.2) is 23.5 Å². The normalized spacial score (nSPS) is 17.4. The molecule has 5 rings (SSSR count). The Labute approximate surface area is 275 Å². The third-order valence-electron chi connectivity index (χ3n) is 8.83. The standard InChI is InChI=1S/C41H52O2P2/c1-27(2)42-37-16-10-12-18-40(37)45(41-19-13-11-17-38(41)43-28(3)4)39-20-14-15-36(39)33(9)44(34-23-29(5)21-30(6)24-34)35-25-31(7)22-32(8)26-35/h10-13,16-19,21-28,33,36,39H,14-15,20H2,1-9H3/t33?,36?,39-/m0/s1. The maximum atomic E-state index is 6.54. The Bertz CT molecular complexity index is 1450. The van der Waals surface area contributed by atoms with Gasteiger partial charge < -0.3 is 9.47 Å². The number of para-hydroxylation sites is 2. The van der Waals surface area contributed by atoms with Crippen LogP contribution in [0.2, 0.25) is 0 Å². The number of aryl methyl sites for hydroxylation is 4. The maximum absolute atomic E-state index is 6.54. The average molecular weight is 639 g/mol. The second kappa shape index (κ2) is 14.8. The van der Waals surface area contributed by atoms with Crippen LogP contribution in [0.1, 0.15) is 76.1 Å². The summed E-state index contributed by atoms with van der Waals surface area (Å²) in [7, 11) is -1.33. The van der Waals surface area contributed by atoms with E-state index in [1.54, 1.807) is 0 Å². The predicted molar refractivity (Wildman–Crippen MR) is 199 cm³/mol. The van der Waals surface area contributed by atoms with E-state index in [4.69, 9.17) is 9.47 Å². The summed E-state index contributed by atoms with van der Waals surface area (Å²) in [4.78, 5) is 0. The lowest BCUT2D eigenvalue weighted by atomic mass is 10.0. The molecular formula is C41H52O2P2. The molecule has 1 saturated carbocycles. The van der Waals surface area contributed by atoms with E-state index in [-0.39, 0.29) is 12.2 Å². The molecule has 0 amide bonds. The van der Waals surface area contributed by atoms with E-state index in [2.05, 4.69) is 147 Å². The molecule has 0 bridgehead atoms. The van der Waals surface area contributed by atoms with Gasteiger partial charge in [-0.15, -0.1) is 0 Å². The summed E-state index contributed by atoms with van der Waals surface area (Å²) in [5.41, 5.74) is 6.50. The highest BCUT2D eigenvalue weighted by atomic mass is 31.1. The highest BCUT2D eigenvalue weighted by molar-refractivity contribution is 7.75. The lowest BCUT2D eigenvalue weighted by Gasteiger charge is -2.38. The van der Waals surface area contributed by atoms with Crippen molar-refractivity contribution in [2.24, 2.45) is 5.92 Å². The number of hydrogen-bond acceptors (Lipinski definition) is 2. The second-order valence-corrected chi connectivity index (χ2v) is 18.6. The summed E-state index contributed by atoms with van der Waals surface area (Å²) in [5.74, 6) is 2.65. The van der Waals surface area contributed by atoms with Crippen molar-refractivity contribution in [1.82, 2.24) is 0 Å². The quantitative estimate of drug-likeness (QED) is 0.152. The smallest absolute Gasteiger partial charge is 0.127 e. The maximum Gasteiger partial charge on any atom is 0.127 e. The van der Waals surface area contributed by atoms with E-state index in [9.17, 15) is 0 Å². The van der Waals surface area contributed by atoms with Crippen LogP contribution in [0.5, 0.6) is 11.5 Å². The Hall–Kier alpha value is -2.66. The fourth-order valence-corrected chi connectivity index (χ4v) is 14.3. The van der Waals surface area contributed by atoms with Crippen molar-refractivity contribution < 1.29 is 9.47 Å². The van der Waals surface area contributed by atoms with Gasteiger partial charge in [0.2, 0.25) is 0 Å². The summed E-state index contributed by atoms with van der Waals surface area (Å²) >= 11 is 0. The molecule has 2 unspecified atom stereocenters. The van der Waals surface area contributed by atoms with Crippen LogP contribution in [0, 0.1) is 33.6 Å². The van der Waals surface area contributed by atoms with Gasteiger partial charge in [-0.3, -0.25) is 0 Å². The molecule has 0 aromatic heterocycles. The van der Waals surface area contributed by atoms with E-state index in [1.165, 1.54) is 62.7 Å². The van der Waals surface area contributed by atoms with Crippen molar-refractivity contribution in [2.75, 3.05) is 0 Å². The number of rotatable bonds is 11. The van der Waals surface area contributed by atoms with E-state index < -0.39 is 15.8 Å². The van der Waals surface area contributed by atoms with Gasteiger partial charge in [0.25, 0.3) is 0 Å². The minimum absolute atomic E-state index is 0.116. The molecule has 1 aliphatic rings. The molecule has 3 atom stereocenters. The van der Waals surface area contributed by atoms with Gasteiger partial charge in [0, 0.05) is 10.6 Å². The topological polar surface area (TPSA) is 18.5 Å². The second-order valence-electron chi connectivity index (χ2n) is 13.6. The number of ether oxygens (including phenoxy) is 2. The van der Waals surface area contributed by atoms with Gasteiger partial charge in [0.15, 0.2) is 0 Å². The molecule has 0 saturated heterocycles. The Kier molecular flexibility index (Phi) is 11.1. The Morgan fingerprint density at radius 1 is 0.578 bits per heavy atom. The zero-order valence-electron chi connectivity index (χ0n) is 28.8. The molecule has 4 heteroatoms. The minimum Gasteiger partial charge on any atom is -0.490 e. The van der Waals surface area contributed by atoms with Crippen molar-refractivity contribution in [3.63, 3.8) is 0 Å². The highest BCUT2D eigenvalue weighted by Gasteiger charge is 2.42. The third-order valence-corrected chi connectivity index (χ3v) is 14.7. The average Bonchev–Trinajstić information content (AvgIpc) is 3.43.